The average Bonchev–Trinajstić information content (AvgIpc) is 3.58. The van der Waals surface area contributed by atoms with Gasteiger partial charge in [-0.05, 0) is 67.3 Å². The van der Waals surface area contributed by atoms with E-state index in [0.29, 0.717) is 5.76 Å². The van der Waals surface area contributed by atoms with Crippen molar-refractivity contribution in [2.45, 2.75) is 25.3 Å². The highest BCUT2D eigenvalue weighted by atomic mass is 16.5. The molecule has 1 amide bonds. The number of fused-ring (bicyclic) bond motifs is 1. The van der Waals surface area contributed by atoms with Gasteiger partial charge in [-0.1, -0.05) is 12.1 Å². The van der Waals surface area contributed by atoms with Gasteiger partial charge in [-0.15, -0.1) is 0 Å². The summed E-state index contributed by atoms with van der Waals surface area (Å²) in [5, 5.41) is 15.9. The fourth-order valence-electron chi connectivity index (χ4n) is 4.41. The van der Waals surface area contributed by atoms with E-state index in [2.05, 4.69) is 5.10 Å². The van der Waals surface area contributed by atoms with Crippen LogP contribution in [0.2, 0.25) is 0 Å². The van der Waals surface area contributed by atoms with Crippen LogP contribution < -0.4 is 0 Å². The maximum atomic E-state index is 13.1. The van der Waals surface area contributed by atoms with Crippen LogP contribution in [0.4, 0.5) is 0 Å². The third kappa shape index (κ3) is 4.07. The van der Waals surface area contributed by atoms with Crippen LogP contribution in [0, 0.1) is 5.92 Å². The Labute approximate surface area is 189 Å². The molecule has 3 heterocycles. The smallest absolute Gasteiger partial charge is 0.342 e. The largest absolute Gasteiger partial charge is 0.507 e. The molecule has 2 atom stereocenters. The summed E-state index contributed by atoms with van der Waals surface area (Å²) in [6.45, 7) is -0.509. The minimum atomic E-state index is -0.779. The number of allylic oxidation sites excluding steroid dienone is 1. The second-order valence-corrected chi connectivity index (χ2v) is 7.96. The number of hydrogen-bond acceptors (Lipinski definition) is 7. The molecule has 1 N–H and O–H groups in total. The van der Waals surface area contributed by atoms with Crippen molar-refractivity contribution in [2.75, 3.05) is 6.61 Å². The molecule has 5 rings (SSSR count). The first kappa shape index (κ1) is 20.8. The summed E-state index contributed by atoms with van der Waals surface area (Å²) in [6.07, 6.45) is 7.75. The van der Waals surface area contributed by atoms with Gasteiger partial charge in [0.25, 0.3) is 5.91 Å². The third-order valence-corrected chi connectivity index (χ3v) is 5.90. The van der Waals surface area contributed by atoms with Crippen molar-refractivity contribution < 1.29 is 28.3 Å². The van der Waals surface area contributed by atoms with Crippen LogP contribution in [0.1, 0.15) is 47.2 Å². The van der Waals surface area contributed by atoms with Crippen LogP contribution in [-0.4, -0.2) is 34.3 Å². The Bertz CT molecular complexity index is 1210. The van der Waals surface area contributed by atoms with Crippen LogP contribution in [-0.2, 0) is 9.53 Å². The number of esters is 1. The van der Waals surface area contributed by atoms with Crippen molar-refractivity contribution in [3.63, 3.8) is 0 Å². The summed E-state index contributed by atoms with van der Waals surface area (Å²) < 4.78 is 16.3. The van der Waals surface area contributed by atoms with Gasteiger partial charge in [-0.3, -0.25) is 4.79 Å². The number of hydrazone groups is 1. The zero-order valence-electron chi connectivity index (χ0n) is 17.7. The summed E-state index contributed by atoms with van der Waals surface area (Å²) in [6, 6.07) is 12.9. The first-order valence-electron chi connectivity index (χ1n) is 10.8. The lowest BCUT2D eigenvalue weighted by Crippen LogP contribution is -2.34. The van der Waals surface area contributed by atoms with Gasteiger partial charge < -0.3 is 18.7 Å². The third-order valence-electron chi connectivity index (χ3n) is 5.90. The Kier molecular flexibility index (Phi) is 5.56. The number of ether oxygens (including phenoxy) is 1. The molecule has 1 fully saturated rings. The average molecular weight is 446 g/mol. The van der Waals surface area contributed by atoms with Crippen LogP contribution in [0.5, 0.6) is 5.75 Å². The zero-order valence-corrected chi connectivity index (χ0v) is 17.7. The fraction of sp³-hybridized carbons (Fsp3) is 0.240. The van der Waals surface area contributed by atoms with Crippen molar-refractivity contribution in [1.29, 1.82) is 0 Å². The second kappa shape index (κ2) is 8.82. The molecule has 2 aromatic heterocycles. The van der Waals surface area contributed by atoms with Crippen molar-refractivity contribution in [1.82, 2.24) is 5.01 Å². The lowest BCUT2D eigenvalue weighted by Gasteiger charge is -2.27. The maximum Gasteiger partial charge on any atom is 0.342 e. The number of aromatic hydroxyl groups is 1. The number of para-hydroxylation sites is 1. The predicted molar refractivity (Wildman–Crippen MR) is 118 cm³/mol. The highest BCUT2D eigenvalue weighted by molar-refractivity contribution is 6.08. The van der Waals surface area contributed by atoms with E-state index in [4.69, 9.17) is 13.6 Å². The van der Waals surface area contributed by atoms with E-state index >= 15 is 0 Å². The number of phenolic OH excluding ortho intramolecular Hbond substituents is 1. The molecule has 1 saturated carbocycles. The molecule has 1 aliphatic carbocycles. The van der Waals surface area contributed by atoms with E-state index in [0.717, 1.165) is 36.3 Å². The minimum Gasteiger partial charge on any atom is -0.507 e. The molecule has 2 unspecified atom stereocenters. The van der Waals surface area contributed by atoms with Crippen molar-refractivity contribution in [3.8, 4) is 5.75 Å². The molecule has 0 spiro atoms. The van der Waals surface area contributed by atoms with Crippen molar-refractivity contribution >= 4 is 23.7 Å². The Hall–Kier alpha value is -4.07. The maximum absolute atomic E-state index is 13.1. The lowest BCUT2D eigenvalue weighted by atomic mass is 9.79. The molecule has 3 aromatic rings. The van der Waals surface area contributed by atoms with E-state index in [1.165, 1.54) is 17.1 Å². The number of carbonyl (C=O) groups excluding carboxylic acids is 2. The van der Waals surface area contributed by atoms with E-state index in [1.54, 1.807) is 30.7 Å². The first-order chi connectivity index (χ1) is 16.1. The van der Waals surface area contributed by atoms with E-state index in [-0.39, 0.29) is 17.2 Å². The SMILES string of the molecule is O=C(OCC(=O)N1N=C2/C(=C\c3ccco3)CCCC2C1c1ccco1)c1ccccc1O. The van der Waals surface area contributed by atoms with Gasteiger partial charge in [0.1, 0.15) is 28.9 Å². The van der Waals surface area contributed by atoms with Gasteiger partial charge >= 0.3 is 5.97 Å². The molecule has 1 aliphatic heterocycles. The summed E-state index contributed by atoms with van der Waals surface area (Å²) in [7, 11) is 0. The number of hydrogen-bond donors (Lipinski definition) is 1. The highest BCUT2D eigenvalue weighted by Gasteiger charge is 2.45. The number of carbonyl (C=O) groups is 2. The molecule has 8 nitrogen and oxygen atoms in total. The molecule has 0 bridgehead atoms. The van der Waals surface area contributed by atoms with Crippen molar-refractivity contribution in [3.05, 3.63) is 83.7 Å². The molecular formula is C25H22N2O6. The number of amides is 1. The van der Waals surface area contributed by atoms with Gasteiger partial charge in [0, 0.05) is 5.92 Å². The highest BCUT2D eigenvalue weighted by Crippen LogP contribution is 2.44. The van der Waals surface area contributed by atoms with Gasteiger partial charge in [-0.25, -0.2) is 9.80 Å². The molecule has 33 heavy (non-hydrogen) atoms. The number of benzene rings is 1. The molecule has 0 radical (unpaired) electrons. The first-order valence-corrected chi connectivity index (χ1v) is 10.8. The van der Waals surface area contributed by atoms with E-state index < -0.39 is 24.5 Å². The Morgan fingerprint density at radius 1 is 1.12 bits per heavy atom. The molecule has 1 aromatic carbocycles. The van der Waals surface area contributed by atoms with Gasteiger partial charge in [0.15, 0.2) is 6.61 Å². The number of nitrogens with zero attached hydrogens (tertiary/aromatic N) is 2. The minimum absolute atomic E-state index is 0.00189. The number of furan rings is 2. The summed E-state index contributed by atoms with van der Waals surface area (Å²) in [4.78, 5) is 25.5. The zero-order chi connectivity index (χ0) is 22.8. The number of phenols is 1. The quantitative estimate of drug-likeness (QED) is 0.576. The van der Waals surface area contributed by atoms with Crippen LogP contribution in [0.3, 0.4) is 0 Å². The van der Waals surface area contributed by atoms with Crippen LogP contribution >= 0.6 is 0 Å². The van der Waals surface area contributed by atoms with Crippen LogP contribution in [0.15, 0.2) is 80.6 Å². The normalized spacial score (nSPS) is 21.0. The van der Waals surface area contributed by atoms with E-state index in [1.807, 2.05) is 24.3 Å². The molecule has 0 saturated heterocycles. The lowest BCUT2D eigenvalue weighted by molar-refractivity contribution is -0.137. The van der Waals surface area contributed by atoms with Gasteiger partial charge in [-0.2, -0.15) is 5.10 Å². The summed E-state index contributed by atoms with van der Waals surface area (Å²) in [5.41, 5.74) is 1.83. The van der Waals surface area contributed by atoms with E-state index in [9.17, 15) is 14.7 Å². The fourth-order valence-corrected chi connectivity index (χ4v) is 4.41. The van der Waals surface area contributed by atoms with Gasteiger partial charge in [0.05, 0.1) is 18.2 Å². The molecular weight excluding hydrogens is 424 g/mol. The molecule has 2 aliphatic rings. The van der Waals surface area contributed by atoms with Gasteiger partial charge in [0.2, 0.25) is 0 Å². The Balaban J connectivity index is 1.40. The topological polar surface area (TPSA) is 105 Å². The summed E-state index contributed by atoms with van der Waals surface area (Å²) >= 11 is 0. The van der Waals surface area contributed by atoms with Crippen molar-refractivity contribution in [2.24, 2.45) is 11.0 Å². The Morgan fingerprint density at radius 2 is 1.94 bits per heavy atom. The molecule has 8 heteroatoms. The monoisotopic (exact) mass is 446 g/mol. The number of rotatable bonds is 5. The van der Waals surface area contributed by atoms with Crippen LogP contribution in [0.25, 0.3) is 6.08 Å². The second-order valence-electron chi connectivity index (χ2n) is 7.96. The molecule has 168 valence electrons. The predicted octanol–water partition coefficient (Wildman–Crippen LogP) is 4.56. The standard InChI is InChI=1S/C25H22N2O6/c28-20-10-2-1-8-18(20)25(30)33-15-22(29)27-24(21-11-5-13-32-21)19-9-3-6-16(23(19)26-27)14-17-7-4-12-31-17/h1-2,4-5,7-8,10-14,19,24,28H,3,6,9,15H2/b16-14-. The summed E-state index contributed by atoms with van der Waals surface area (Å²) in [5.74, 6) is -0.145. The Morgan fingerprint density at radius 3 is 2.70 bits per heavy atom.